The smallest absolute Gasteiger partial charge is 0.301 e. The number of amides is 1. The van der Waals surface area contributed by atoms with Crippen molar-refractivity contribution in [2.75, 3.05) is 11.5 Å². The third-order valence-corrected chi connectivity index (χ3v) is 5.47. The maximum absolute atomic E-state index is 13.5. The summed E-state index contributed by atoms with van der Waals surface area (Å²) in [5, 5.41) is 13.0. The number of Topliss-reactive ketones (excluding diaryl/α,β-unsaturated/α-hetero) is 1. The molecular formula is C22H17FN2O4S. The molecule has 1 fully saturated rings. The minimum absolute atomic E-state index is 0.0778. The summed E-state index contributed by atoms with van der Waals surface area (Å²) in [4.78, 5) is 31.1. The lowest BCUT2D eigenvalue weighted by atomic mass is 9.95. The Morgan fingerprint density at radius 3 is 2.47 bits per heavy atom. The standard InChI is InChI=1S/C22H17FN2O4S/c1-2-29-16-9-5-14(6-10-16)19(26)17-18(13-3-7-15(23)8-4-13)25(21(28)20(17)27)22-24-11-12-30-22/h3-12,18,26H,2H2,1H3. The number of carbonyl (C=O) groups excluding carboxylic acids is 2. The van der Waals surface area contributed by atoms with E-state index >= 15 is 0 Å². The first kappa shape index (κ1) is 19.8. The van der Waals surface area contributed by atoms with Crippen LogP contribution in [-0.2, 0) is 9.59 Å². The van der Waals surface area contributed by atoms with E-state index in [1.54, 1.807) is 29.6 Å². The second kappa shape index (κ2) is 8.08. The fourth-order valence-electron chi connectivity index (χ4n) is 3.36. The number of benzene rings is 2. The number of ether oxygens (including phenoxy) is 1. The number of nitrogens with zero attached hydrogens (tertiary/aromatic N) is 2. The fraction of sp³-hybridized carbons (Fsp3) is 0.136. The van der Waals surface area contributed by atoms with Crippen LogP contribution in [-0.4, -0.2) is 28.4 Å². The molecule has 2 aromatic carbocycles. The molecule has 30 heavy (non-hydrogen) atoms. The molecule has 0 bridgehead atoms. The Hall–Kier alpha value is -3.52. The Kier molecular flexibility index (Phi) is 5.33. The number of anilines is 1. The molecule has 152 valence electrons. The number of thiazole rings is 1. The van der Waals surface area contributed by atoms with E-state index in [9.17, 15) is 19.1 Å². The Balaban J connectivity index is 1.86. The molecule has 3 aromatic rings. The van der Waals surface area contributed by atoms with E-state index in [0.717, 1.165) is 0 Å². The van der Waals surface area contributed by atoms with Gasteiger partial charge in [-0.1, -0.05) is 12.1 Å². The van der Waals surface area contributed by atoms with Gasteiger partial charge in [0, 0.05) is 17.1 Å². The SMILES string of the molecule is CCOc1ccc(C(O)=C2C(=O)C(=O)N(c3nccs3)C2c2ccc(F)cc2)cc1. The van der Waals surface area contributed by atoms with E-state index in [1.165, 1.54) is 46.7 Å². The lowest BCUT2D eigenvalue weighted by Gasteiger charge is -2.23. The van der Waals surface area contributed by atoms with E-state index in [4.69, 9.17) is 4.74 Å². The molecule has 2 heterocycles. The van der Waals surface area contributed by atoms with Crippen LogP contribution in [0.5, 0.6) is 5.75 Å². The molecule has 1 aliphatic rings. The van der Waals surface area contributed by atoms with Crippen molar-refractivity contribution in [3.05, 3.63) is 82.6 Å². The lowest BCUT2D eigenvalue weighted by molar-refractivity contribution is -0.132. The molecule has 1 amide bonds. The largest absolute Gasteiger partial charge is 0.507 e. The molecule has 6 nitrogen and oxygen atoms in total. The van der Waals surface area contributed by atoms with Crippen LogP contribution in [0.4, 0.5) is 9.52 Å². The van der Waals surface area contributed by atoms with Gasteiger partial charge in [-0.3, -0.25) is 14.5 Å². The first-order valence-electron chi connectivity index (χ1n) is 9.20. The molecule has 1 unspecified atom stereocenters. The topological polar surface area (TPSA) is 79.7 Å². The van der Waals surface area contributed by atoms with Crippen molar-refractivity contribution in [1.82, 2.24) is 4.98 Å². The molecule has 1 N–H and O–H groups in total. The van der Waals surface area contributed by atoms with Gasteiger partial charge < -0.3 is 9.84 Å². The van der Waals surface area contributed by atoms with E-state index < -0.39 is 23.5 Å². The summed E-state index contributed by atoms with van der Waals surface area (Å²) in [5.41, 5.74) is 0.770. The van der Waals surface area contributed by atoms with Crippen LogP contribution in [0.1, 0.15) is 24.1 Å². The van der Waals surface area contributed by atoms with Gasteiger partial charge in [-0.15, -0.1) is 11.3 Å². The average Bonchev–Trinajstić information content (AvgIpc) is 3.36. The predicted molar refractivity (Wildman–Crippen MR) is 111 cm³/mol. The molecule has 0 spiro atoms. The van der Waals surface area contributed by atoms with Crippen molar-refractivity contribution >= 4 is 33.9 Å². The molecule has 0 radical (unpaired) electrons. The summed E-state index contributed by atoms with van der Waals surface area (Å²) >= 11 is 1.19. The summed E-state index contributed by atoms with van der Waals surface area (Å²) in [5.74, 6) is -1.77. The number of rotatable bonds is 5. The number of hydrogen-bond donors (Lipinski definition) is 1. The predicted octanol–water partition coefficient (Wildman–Crippen LogP) is 4.31. The second-order valence-corrected chi connectivity index (χ2v) is 7.37. The minimum Gasteiger partial charge on any atom is -0.507 e. The van der Waals surface area contributed by atoms with Gasteiger partial charge in [0.2, 0.25) is 0 Å². The Morgan fingerprint density at radius 1 is 1.17 bits per heavy atom. The molecule has 1 aliphatic heterocycles. The minimum atomic E-state index is -0.927. The fourth-order valence-corrected chi connectivity index (χ4v) is 4.02. The highest BCUT2D eigenvalue weighted by Gasteiger charge is 2.47. The number of aliphatic hydroxyl groups excluding tert-OH is 1. The molecule has 1 atom stereocenters. The normalized spacial score (nSPS) is 18.1. The van der Waals surface area contributed by atoms with E-state index in [2.05, 4.69) is 4.98 Å². The van der Waals surface area contributed by atoms with Crippen molar-refractivity contribution in [3.8, 4) is 5.75 Å². The molecule has 0 aliphatic carbocycles. The van der Waals surface area contributed by atoms with Crippen molar-refractivity contribution in [2.45, 2.75) is 13.0 Å². The van der Waals surface area contributed by atoms with Gasteiger partial charge in [-0.2, -0.15) is 0 Å². The van der Waals surface area contributed by atoms with Crippen molar-refractivity contribution in [1.29, 1.82) is 0 Å². The highest BCUT2D eigenvalue weighted by molar-refractivity contribution is 7.14. The quantitative estimate of drug-likeness (QED) is 0.375. The second-order valence-electron chi connectivity index (χ2n) is 6.49. The maximum Gasteiger partial charge on any atom is 0.301 e. The Bertz CT molecular complexity index is 1110. The highest BCUT2D eigenvalue weighted by Crippen LogP contribution is 2.42. The van der Waals surface area contributed by atoms with Gasteiger partial charge in [0.05, 0.1) is 18.2 Å². The summed E-state index contributed by atoms with van der Waals surface area (Å²) in [7, 11) is 0. The highest BCUT2D eigenvalue weighted by atomic mass is 32.1. The zero-order valence-electron chi connectivity index (χ0n) is 15.9. The summed E-state index contributed by atoms with van der Waals surface area (Å²) in [6, 6.07) is 11.1. The van der Waals surface area contributed by atoms with Gasteiger partial charge >= 0.3 is 5.91 Å². The van der Waals surface area contributed by atoms with E-state index in [1.807, 2.05) is 6.92 Å². The van der Waals surface area contributed by atoms with Crippen LogP contribution in [0.15, 0.2) is 65.7 Å². The van der Waals surface area contributed by atoms with Crippen LogP contribution < -0.4 is 9.64 Å². The van der Waals surface area contributed by atoms with Crippen LogP contribution in [0.25, 0.3) is 5.76 Å². The van der Waals surface area contributed by atoms with Gasteiger partial charge in [0.25, 0.3) is 5.78 Å². The van der Waals surface area contributed by atoms with Gasteiger partial charge in [0.15, 0.2) is 5.13 Å². The molecular weight excluding hydrogens is 407 g/mol. The number of ketones is 1. The van der Waals surface area contributed by atoms with Gasteiger partial charge in [0.1, 0.15) is 17.3 Å². The Labute approximate surface area is 175 Å². The summed E-state index contributed by atoms with van der Waals surface area (Å²) < 4.78 is 18.9. The van der Waals surface area contributed by atoms with Crippen LogP contribution in [0.2, 0.25) is 0 Å². The Morgan fingerprint density at radius 2 is 1.87 bits per heavy atom. The lowest BCUT2D eigenvalue weighted by Crippen LogP contribution is -2.29. The number of aromatic nitrogens is 1. The van der Waals surface area contributed by atoms with Crippen LogP contribution in [0, 0.1) is 5.82 Å². The van der Waals surface area contributed by atoms with Crippen molar-refractivity contribution in [3.63, 3.8) is 0 Å². The molecule has 1 aromatic heterocycles. The first-order valence-corrected chi connectivity index (χ1v) is 10.1. The molecule has 8 heteroatoms. The number of halogens is 1. The number of hydrogen-bond acceptors (Lipinski definition) is 6. The van der Waals surface area contributed by atoms with E-state index in [-0.39, 0.29) is 11.3 Å². The third-order valence-electron chi connectivity index (χ3n) is 4.69. The summed E-state index contributed by atoms with van der Waals surface area (Å²) in [6.45, 7) is 2.35. The molecule has 4 rings (SSSR count). The maximum atomic E-state index is 13.5. The van der Waals surface area contributed by atoms with Crippen molar-refractivity contribution < 1.29 is 23.8 Å². The van der Waals surface area contributed by atoms with Crippen LogP contribution >= 0.6 is 11.3 Å². The zero-order valence-corrected chi connectivity index (χ0v) is 16.7. The van der Waals surface area contributed by atoms with E-state index in [0.29, 0.717) is 28.6 Å². The monoisotopic (exact) mass is 424 g/mol. The average molecular weight is 424 g/mol. The number of carbonyl (C=O) groups is 2. The third kappa shape index (κ3) is 3.46. The first-order chi connectivity index (χ1) is 14.5. The van der Waals surface area contributed by atoms with Gasteiger partial charge in [-0.25, -0.2) is 9.37 Å². The molecule has 1 saturated heterocycles. The van der Waals surface area contributed by atoms with Gasteiger partial charge in [-0.05, 0) is 48.9 Å². The zero-order chi connectivity index (χ0) is 21.3. The van der Waals surface area contributed by atoms with Crippen LogP contribution in [0.3, 0.4) is 0 Å². The van der Waals surface area contributed by atoms with Crippen molar-refractivity contribution in [2.24, 2.45) is 0 Å². The summed E-state index contributed by atoms with van der Waals surface area (Å²) in [6.07, 6.45) is 1.52. The molecule has 0 saturated carbocycles. The number of aliphatic hydroxyl groups is 1.